The van der Waals surface area contributed by atoms with Crippen molar-refractivity contribution in [3.8, 4) is 11.1 Å². The van der Waals surface area contributed by atoms with Crippen LogP contribution in [0.15, 0.2) is 60.7 Å². The van der Waals surface area contributed by atoms with Gasteiger partial charge in [-0.05, 0) is 35.1 Å². The first-order valence-electron chi connectivity index (χ1n) is 11.3. The van der Waals surface area contributed by atoms with Crippen molar-refractivity contribution in [3.63, 3.8) is 0 Å². The minimum absolute atomic E-state index is 0.0189. The van der Waals surface area contributed by atoms with Crippen LogP contribution < -0.4 is 10.6 Å². The maximum absolute atomic E-state index is 12.7. The molecule has 33 heavy (non-hydrogen) atoms. The van der Waals surface area contributed by atoms with E-state index in [1.165, 1.54) is 17.2 Å². The van der Waals surface area contributed by atoms with Gasteiger partial charge in [-0.1, -0.05) is 67.4 Å². The Hall–Kier alpha value is -3.61. The van der Waals surface area contributed by atoms with Gasteiger partial charge in [-0.15, -0.1) is 0 Å². The van der Waals surface area contributed by atoms with Crippen molar-refractivity contribution >= 4 is 18.0 Å². The Kier molecular flexibility index (Phi) is 7.07. The van der Waals surface area contributed by atoms with Crippen LogP contribution in [-0.4, -0.2) is 42.3 Å². The van der Waals surface area contributed by atoms with E-state index in [1.54, 1.807) is 0 Å². The SMILES string of the molecule is O=C(O)/C=C/CNC(=O)C1CCCCC1NC(=O)OCC1c2ccccc2-c2ccccc21. The molecule has 0 heterocycles. The minimum atomic E-state index is -1.06. The highest BCUT2D eigenvalue weighted by Crippen LogP contribution is 2.44. The van der Waals surface area contributed by atoms with Gasteiger partial charge in [0.05, 0.1) is 5.92 Å². The summed E-state index contributed by atoms with van der Waals surface area (Å²) < 4.78 is 5.64. The van der Waals surface area contributed by atoms with Gasteiger partial charge >= 0.3 is 12.1 Å². The van der Waals surface area contributed by atoms with Crippen LogP contribution in [0, 0.1) is 5.92 Å². The average molecular weight is 449 g/mol. The number of ether oxygens (including phenoxy) is 1. The Labute approximate surface area is 192 Å². The Morgan fingerprint density at radius 3 is 2.27 bits per heavy atom. The monoisotopic (exact) mass is 448 g/mol. The summed E-state index contributed by atoms with van der Waals surface area (Å²) >= 11 is 0. The number of carboxylic acids is 1. The lowest BCUT2D eigenvalue weighted by Crippen LogP contribution is -2.48. The van der Waals surface area contributed by atoms with Crippen molar-refractivity contribution in [2.45, 2.75) is 37.6 Å². The summed E-state index contributed by atoms with van der Waals surface area (Å²) in [5, 5.41) is 14.3. The van der Waals surface area contributed by atoms with E-state index in [0.29, 0.717) is 12.8 Å². The van der Waals surface area contributed by atoms with Crippen LogP contribution in [0.4, 0.5) is 4.79 Å². The summed E-state index contributed by atoms with van der Waals surface area (Å²) in [5.41, 5.74) is 4.64. The number of hydrogen-bond donors (Lipinski definition) is 3. The zero-order valence-corrected chi connectivity index (χ0v) is 18.3. The number of alkyl carbamates (subject to hydrolysis) is 1. The molecular formula is C26H28N2O5. The molecule has 2 unspecified atom stereocenters. The maximum atomic E-state index is 12.7. The van der Waals surface area contributed by atoms with Crippen molar-refractivity contribution in [2.75, 3.05) is 13.2 Å². The molecular weight excluding hydrogens is 420 g/mol. The summed E-state index contributed by atoms with van der Waals surface area (Å²) in [6.07, 6.45) is 5.07. The Balaban J connectivity index is 1.35. The molecule has 0 spiro atoms. The van der Waals surface area contributed by atoms with Crippen LogP contribution in [0.5, 0.6) is 0 Å². The summed E-state index contributed by atoms with van der Waals surface area (Å²) in [6, 6.07) is 16.0. The normalized spacial score (nSPS) is 19.5. The van der Waals surface area contributed by atoms with Crippen molar-refractivity contribution < 1.29 is 24.2 Å². The van der Waals surface area contributed by atoms with Gasteiger partial charge in [0.15, 0.2) is 0 Å². The lowest BCUT2D eigenvalue weighted by atomic mass is 9.84. The fourth-order valence-electron chi connectivity index (χ4n) is 4.86. The van der Waals surface area contributed by atoms with Gasteiger partial charge < -0.3 is 20.5 Å². The molecule has 0 aliphatic heterocycles. The third-order valence-electron chi connectivity index (χ3n) is 6.40. The molecule has 2 aromatic carbocycles. The molecule has 0 saturated heterocycles. The predicted octanol–water partition coefficient (Wildman–Crippen LogP) is 3.84. The van der Waals surface area contributed by atoms with Crippen molar-refractivity contribution in [1.82, 2.24) is 10.6 Å². The quantitative estimate of drug-likeness (QED) is 0.558. The van der Waals surface area contributed by atoms with Crippen LogP contribution in [-0.2, 0) is 14.3 Å². The third-order valence-corrected chi connectivity index (χ3v) is 6.40. The fourth-order valence-corrected chi connectivity index (χ4v) is 4.86. The Morgan fingerprint density at radius 2 is 1.61 bits per heavy atom. The molecule has 1 fully saturated rings. The molecule has 172 valence electrons. The zero-order valence-electron chi connectivity index (χ0n) is 18.3. The molecule has 7 nitrogen and oxygen atoms in total. The van der Waals surface area contributed by atoms with Gasteiger partial charge in [0.25, 0.3) is 0 Å². The summed E-state index contributed by atoms with van der Waals surface area (Å²) in [6.45, 7) is 0.364. The van der Waals surface area contributed by atoms with Gasteiger partial charge in [0, 0.05) is 24.6 Å². The maximum Gasteiger partial charge on any atom is 0.407 e. The predicted molar refractivity (Wildman–Crippen MR) is 124 cm³/mol. The van der Waals surface area contributed by atoms with Gasteiger partial charge in [0.2, 0.25) is 5.91 Å². The molecule has 3 N–H and O–H groups in total. The summed E-state index contributed by atoms with van der Waals surface area (Å²) in [7, 11) is 0. The molecule has 2 amide bonds. The van der Waals surface area contributed by atoms with Crippen LogP contribution in [0.2, 0.25) is 0 Å². The van der Waals surface area contributed by atoms with Crippen LogP contribution in [0.1, 0.15) is 42.7 Å². The molecule has 1 saturated carbocycles. The number of hydrogen-bond acceptors (Lipinski definition) is 4. The first-order valence-corrected chi connectivity index (χ1v) is 11.3. The third kappa shape index (κ3) is 5.25. The first-order chi connectivity index (χ1) is 16.0. The van der Waals surface area contributed by atoms with Gasteiger partial charge in [0.1, 0.15) is 6.61 Å². The number of fused-ring (bicyclic) bond motifs is 3. The molecule has 0 aromatic heterocycles. The van der Waals surface area contributed by atoms with Crippen LogP contribution in [0.3, 0.4) is 0 Å². The largest absolute Gasteiger partial charge is 0.478 e. The second kappa shape index (κ2) is 10.3. The molecule has 2 aromatic rings. The van der Waals surface area contributed by atoms with Crippen LogP contribution >= 0.6 is 0 Å². The van der Waals surface area contributed by atoms with Crippen molar-refractivity contribution in [3.05, 3.63) is 71.8 Å². The molecule has 2 aliphatic rings. The number of carbonyl (C=O) groups excluding carboxylic acids is 2. The molecule has 0 radical (unpaired) electrons. The Bertz CT molecular complexity index is 1020. The Morgan fingerprint density at radius 1 is 0.970 bits per heavy atom. The van der Waals surface area contributed by atoms with E-state index in [1.807, 2.05) is 24.3 Å². The molecule has 2 atom stereocenters. The van der Waals surface area contributed by atoms with E-state index < -0.39 is 12.1 Å². The van der Waals surface area contributed by atoms with Gasteiger partial charge in [-0.3, -0.25) is 4.79 Å². The zero-order chi connectivity index (χ0) is 23.2. The molecule has 0 bridgehead atoms. The summed E-state index contributed by atoms with van der Waals surface area (Å²) in [4.78, 5) is 35.8. The van der Waals surface area contributed by atoms with E-state index in [9.17, 15) is 14.4 Å². The van der Waals surface area contributed by atoms with E-state index in [4.69, 9.17) is 9.84 Å². The number of carboxylic acid groups (broad SMARTS) is 1. The number of benzene rings is 2. The lowest BCUT2D eigenvalue weighted by molar-refractivity contribution is -0.131. The standard InChI is InChI=1S/C26H28N2O5/c29-24(30)14-7-15-27-25(31)21-12-5-6-13-23(21)28-26(32)33-16-22-19-10-3-1-8-17(19)18-9-2-4-11-20(18)22/h1-4,7-11,14,21-23H,5-6,12-13,15-16H2,(H,27,31)(H,28,32)(H,29,30)/b14-7+. The van der Waals surface area contributed by atoms with Gasteiger partial charge in [-0.25, -0.2) is 9.59 Å². The average Bonchev–Trinajstić information content (AvgIpc) is 3.14. The number of rotatable bonds is 7. The van der Waals surface area contributed by atoms with E-state index in [0.717, 1.165) is 30.0 Å². The molecule has 4 rings (SSSR count). The van der Waals surface area contributed by atoms with Crippen LogP contribution in [0.25, 0.3) is 11.1 Å². The molecule has 2 aliphatic carbocycles. The van der Waals surface area contributed by atoms with Crippen molar-refractivity contribution in [2.24, 2.45) is 5.92 Å². The first kappa shape index (κ1) is 22.6. The second-order valence-electron chi connectivity index (χ2n) is 8.45. The van der Waals surface area contributed by atoms with E-state index in [2.05, 4.69) is 34.9 Å². The van der Waals surface area contributed by atoms with E-state index in [-0.39, 0.29) is 36.9 Å². The topological polar surface area (TPSA) is 105 Å². The van der Waals surface area contributed by atoms with E-state index >= 15 is 0 Å². The van der Waals surface area contributed by atoms with Crippen molar-refractivity contribution in [1.29, 1.82) is 0 Å². The second-order valence-corrected chi connectivity index (χ2v) is 8.45. The number of carbonyl (C=O) groups is 3. The van der Waals surface area contributed by atoms with Gasteiger partial charge in [-0.2, -0.15) is 0 Å². The number of nitrogens with one attached hydrogen (secondary N) is 2. The smallest absolute Gasteiger partial charge is 0.407 e. The lowest BCUT2D eigenvalue weighted by Gasteiger charge is -2.31. The summed E-state index contributed by atoms with van der Waals surface area (Å²) in [5.74, 6) is -1.63. The fraction of sp³-hybridized carbons (Fsp3) is 0.346. The highest BCUT2D eigenvalue weighted by atomic mass is 16.5. The minimum Gasteiger partial charge on any atom is -0.478 e. The number of amides is 2. The molecule has 7 heteroatoms. The highest BCUT2D eigenvalue weighted by Gasteiger charge is 2.33. The number of aliphatic carboxylic acids is 1. The highest BCUT2D eigenvalue weighted by molar-refractivity contribution is 5.82.